The Morgan fingerprint density at radius 3 is 2.63 bits per heavy atom. The molecule has 0 spiro atoms. The molecular weight excluding hydrogens is 232 g/mol. The molecule has 2 nitrogen and oxygen atoms in total. The van der Waals surface area contributed by atoms with E-state index in [9.17, 15) is 0 Å². The molecule has 1 aromatic heterocycles. The Balaban J connectivity index is 1.76. The van der Waals surface area contributed by atoms with Gasteiger partial charge in [-0.2, -0.15) is 0 Å². The predicted molar refractivity (Wildman–Crippen MR) is 80.0 cm³/mol. The molecule has 1 unspecified atom stereocenters. The van der Waals surface area contributed by atoms with E-state index < -0.39 is 0 Å². The molecule has 0 bridgehead atoms. The fourth-order valence-electron chi connectivity index (χ4n) is 2.10. The third-order valence-corrected chi connectivity index (χ3v) is 3.44. The zero-order valence-corrected chi connectivity index (χ0v) is 11.8. The van der Waals surface area contributed by atoms with Crippen LogP contribution in [0.5, 0.6) is 0 Å². The first-order valence-corrected chi connectivity index (χ1v) is 6.93. The topological polar surface area (TPSA) is 24.9 Å². The number of benzene rings is 1. The zero-order chi connectivity index (χ0) is 13.5. The van der Waals surface area contributed by atoms with Gasteiger partial charge in [-0.15, -0.1) is 0 Å². The minimum Gasteiger partial charge on any atom is -0.309 e. The van der Waals surface area contributed by atoms with E-state index in [1.165, 1.54) is 11.1 Å². The van der Waals surface area contributed by atoms with Crippen LogP contribution in [0.2, 0.25) is 0 Å². The van der Waals surface area contributed by atoms with Crippen molar-refractivity contribution in [2.75, 3.05) is 0 Å². The van der Waals surface area contributed by atoms with Crippen LogP contribution in [0.25, 0.3) is 0 Å². The highest BCUT2D eigenvalue weighted by Crippen LogP contribution is 2.07. The summed E-state index contributed by atoms with van der Waals surface area (Å²) >= 11 is 0. The summed E-state index contributed by atoms with van der Waals surface area (Å²) in [6.07, 6.45) is 4.13. The minimum atomic E-state index is 0.501. The van der Waals surface area contributed by atoms with E-state index in [1.54, 1.807) is 0 Å². The average Bonchev–Trinajstić information content (AvgIpc) is 2.45. The van der Waals surface area contributed by atoms with Gasteiger partial charge in [0.2, 0.25) is 0 Å². The lowest BCUT2D eigenvalue weighted by molar-refractivity contribution is 0.509. The van der Waals surface area contributed by atoms with Gasteiger partial charge in [-0.3, -0.25) is 4.98 Å². The highest BCUT2D eigenvalue weighted by molar-refractivity contribution is 5.17. The molecule has 0 amide bonds. The summed E-state index contributed by atoms with van der Waals surface area (Å²) in [6.45, 7) is 5.20. The third-order valence-electron chi connectivity index (χ3n) is 3.44. The summed E-state index contributed by atoms with van der Waals surface area (Å²) in [5.74, 6) is 0. The number of rotatable bonds is 6. The number of aryl methyl sites for hydroxylation is 2. The molecule has 19 heavy (non-hydrogen) atoms. The highest BCUT2D eigenvalue weighted by Gasteiger charge is 2.04. The number of aromatic nitrogens is 1. The number of nitrogens with zero attached hydrogens (tertiary/aromatic N) is 1. The molecule has 1 heterocycles. The van der Waals surface area contributed by atoms with Gasteiger partial charge in [0, 0.05) is 18.8 Å². The normalized spacial score (nSPS) is 12.3. The van der Waals surface area contributed by atoms with E-state index >= 15 is 0 Å². The van der Waals surface area contributed by atoms with Crippen LogP contribution in [-0.4, -0.2) is 11.0 Å². The summed E-state index contributed by atoms with van der Waals surface area (Å²) in [6, 6.07) is 15.2. The van der Waals surface area contributed by atoms with Crippen molar-refractivity contribution in [3.05, 3.63) is 65.5 Å². The van der Waals surface area contributed by atoms with Crippen molar-refractivity contribution in [2.24, 2.45) is 0 Å². The van der Waals surface area contributed by atoms with Crippen molar-refractivity contribution in [2.45, 2.75) is 39.3 Å². The summed E-state index contributed by atoms with van der Waals surface area (Å²) in [4.78, 5) is 4.41. The van der Waals surface area contributed by atoms with Gasteiger partial charge >= 0.3 is 0 Å². The summed E-state index contributed by atoms with van der Waals surface area (Å²) in [7, 11) is 0. The maximum Gasteiger partial charge on any atom is 0.0570 e. The number of pyridine rings is 1. The van der Waals surface area contributed by atoms with Crippen molar-refractivity contribution in [1.29, 1.82) is 0 Å². The van der Waals surface area contributed by atoms with Crippen molar-refractivity contribution in [1.82, 2.24) is 10.3 Å². The first-order chi connectivity index (χ1) is 9.25. The second kappa shape index (κ2) is 7.05. The van der Waals surface area contributed by atoms with Gasteiger partial charge in [0.25, 0.3) is 0 Å². The standard InChI is InChI=1S/C17H22N2/c1-14-7-6-12-18-17(14)13-19-15(2)10-11-16-8-4-3-5-9-16/h3-9,12,15,19H,10-11,13H2,1-2H3. The fraction of sp³-hybridized carbons (Fsp3) is 0.353. The quantitative estimate of drug-likeness (QED) is 0.853. The Kier molecular flexibility index (Phi) is 5.10. The summed E-state index contributed by atoms with van der Waals surface area (Å²) < 4.78 is 0. The molecule has 2 aromatic rings. The average molecular weight is 254 g/mol. The van der Waals surface area contributed by atoms with Gasteiger partial charge < -0.3 is 5.32 Å². The molecule has 1 N–H and O–H groups in total. The van der Waals surface area contributed by atoms with E-state index in [0.717, 1.165) is 25.1 Å². The van der Waals surface area contributed by atoms with Gasteiger partial charge in [0.15, 0.2) is 0 Å². The van der Waals surface area contributed by atoms with E-state index in [2.05, 4.69) is 60.5 Å². The van der Waals surface area contributed by atoms with E-state index in [-0.39, 0.29) is 0 Å². The number of nitrogens with one attached hydrogen (secondary N) is 1. The fourth-order valence-corrected chi connectivity index (χ4v) is 2.10. The lowest BCUT2D eigenvalue weighted by Crippen LogP contribution is -2.26. The molecule has 0 aliphatic carbocycles. The van der Waals surface area contributed by atoms with Gasteiger partial charge in [-0.1, -0.05) is 36.4 Å². The molecule has 0 aliphatic heterocycles. The van der Waals surface area contributed by atoms with Crippen LogP contribution in [0.1, 0.15) is 30.2 Å². The molecule has 0 fully saturated rings. The van der Waals surface area contributed by atoms with Crippen LogP contribution in [-0.2, 0) is 13.0 Å². The SMILES string of the molecule is Cc1cccnc1CNC(C)CCc1ccccc1. The second-order valence-electron chi connectivity index (χ2n) is 5.07. The lowest BCUT2D eigenvalue weighted by Gasteiger charge is -2.14. The second-order valence-corrected chi connectivity index (χ2v) is 5.07. The lowest BCUT2D eigenvalue weighted by atomic mass is 10.1. The van der Waals surface area contributed by atoms with Gasteiger partial charge in [-0.25, -0.2) is 0 Å². The van der Waals surface area contributed by atoms with Crippen LogP contribution in [0, 0.1) is 6.92 Å². The number of hydrogen-bond donors (Lipinski definition) is 1. The predicted octanol–water partition coefficient (Wildman–Crippen LogP) is 3.50. The van der Waals surface area contributed by atoms with Crippen LogP contribution < -0.4 is 5.32 Å². The molecule has 0 saturated carbocycles. The first-order valence-electron chi connectivity index (χ1n) is 6.93. The Hall–Kier alpha value is -1.67. The first kappa shape index (κ1) is 13.8. The van der Waals surface area contributed by atoms with Crippen molar-refractivity contribution in [3.63, 3.8) is 0 Å². The Labute approximate surface area is 115 Å². The van der Waals surface area contributed by atoms with Crippen LogP contribution >= 0.6 is 0 Å². The van der Waals surface area contributed by atoms with E-state index in [0.29, 0.717) is 6.04 Å². The molecule has 0 aliphatic rings. The van der Waals surface area contributed by atoms with Crippen LogP contribution in [0.4, 0.5) is 0 Å². The number of hydrogen-bond acceptors (Lipinski definition) is 2. The molecule has 2 rings (SSSR count). The smallest absolute Gasteiger partial charge is 0.0570 e. The zero-order valence-electron chi connectivity index (χ0n) is 11.8. The van der Waals surface area contributed by atoms with Gasteiger partial charge in [0.05, 0.1) is 5.69 Å². The maximum atomic E-state index is 4.41. The molecule has 1 atom stereocenters. The Morgan fingerprint density at radius 1 is 1.11 bits per heavy atom. The Morgan fingerprint density at radius 2 is 1.89 bits per heavy atom. The monoisotopic (exact) mass is 254 g/mol. The summed E-state index contributed by atoms with van der Waals surface area (Å²) in [5, 5.41) is 3.55. The van der Waals surface area contributed by atoms with Crippen molar-refractivity contribution in [3.8, 4) is 0 Å². The minimum absolute atomic E-state index is 0.501. The Bertz CT molecular complexity index is 494. The molecule has 1 aromatic carbocycles. The van der Waals surface area contributed by atoms with Crippen molar-refractivity contribution < 1.29 is 0 Å². The van der Waals surface area contributed by atoms with Crippen molar-refractivity contribution >= 4 is 0 Å². The maximum absolute atomic E-state index is 4.41. The molecule has 0 saturated heterocycles. The van der Waals surface area contributed by atoms with E-state index in [4.69, 9.17) is 0 Å². The molecule has 0 radical (unpaired) electrons. The van der Waals surface area contributed by atoms with E-state index in [1.807, 2.05) is 12.3 Å². The molecular formula is C17H22N2. The van der Waals surface area contributed by atoms with Gasteiger partial charge in [-0.05, 0) is 43.9 Å². The molecule has 100 valence electrons. The van der Waals surface area contributed by atoms with Crippen LogP contribution in [0.15, 0.2) is 48.7 Å². The van der Waals surface area contributed by atoms with Crippen LogP contribution in [0.3, 0.4) is 0 Å². The largest absolute Gasteiger partial charge is 0.309 e. The molecule has 2 heteroatoms. The highest BCUT2D eigenvalue weighted by atomic mass is 14.9. The van der Waals surface area contributed by atoms with Gasteiger partial charge in [0.1, 0.15) is 0 Å². The third kappa shape index (κ3) is 4.49. The summed E-state index contributed by atoms with van der Waals surface area (Å²) in [5.41, 5.74) is 3.81.